The number of rotatable bonds is 3. The highest BCUT2D eigenvalue weighted by molar-refractivity contribution is 6.35. The number of pyridine rings is 1. The predicted molar refractivity (Wildman–Crippen MR) is 77.4 cm³/mol. The maximum absolute atomic E-state index is 6.17. The molecule has 96 valence electrons. The van der Waals surface area contributed by atoms with Crippen molar-refractivity contribution in [2.45, 2.75) is 13.5 Å². The van der Waals surface area contributed by atoms with E-state index in [9.17, 15) is 0 Å². The van der Waals surface area contributed by atoms with Gasteiger partial charge >= 0.3 is 0 Å². The van der Waals surface area contributed by atoms with Crippen LogP contribution >= 0.6 is 11.6 Å². The summed E-state index contributed by atoms with van der Waals surface area (Å²) in [6.45, 7) is 2.61. The molecule has 0 aliphatic rings. The number of imidazole rings is 1. The van der Waals surface area contributed by atoms with E-state index >= 15 is 0 Å². The molecule has 0 aliphatic heterocycles. The monoisotopic (exact) mass is 272 g/mol. The molecule has 2 heterocycles. The average molecular weight is 273 g/mol. The summed E-state index contributed by atoms with van der Waals surface area (Å²) >= 11 is 6.17. The molecule has 0 fully saturated rings. The fraction of sp³-hybridized carbons (Fsp3) is 0.143. The van der Waals surface area contributed by atoms with Crippen molar-refractivity contribution in [3.8, 4) is 0 Å². The Morgan fingerprint density at radius 2 is 2.16 bits per heavy atom. The standard InChI is InChI=1S/C14H13ClN4/c1-9-17-7-10(19-9)8-18-13-5-4-12(15)11-3-2-6-16-14(11)13/h2-7,18H,8H2,1H3,(H,17,19). The van der Waals surface area contributed by atoms with E-state index in [2.05, 4.69) is 20.3 Å². The Morgan fingerprint density at radius 3 is 2.95 bits per heavy atom. The smallest absolute Gasteiger partial charge is 0.103 e. The molecule has 0 atom stereocenters. The SMILES string of the molecule is Cc1ncc(CNc2ccc(Cl)c3cccnc23)[nH]1. The lowest BCUT2D eigenvalue weighted by Crippen LogP contribution is -2.01. The Hall–Kier alpha value is -2.07. The fourth-order valence-electron chi connectivity index (χ4n) is 2.03. The number of hydrogen-bond acceptors (Lipinski definition) is 3. The van der Waals surface area contributed by atoms with Gasteiger partial charge in [-0.3, -0.25) is 4.98 Å². The van der Waals surface area contributed by atoms with Gasteiger partial charge in [-0.1, -0.05) is 11.6 Å². The van der Waals surface area contributed by atoms with Crippen molar-refractivity contribution >= 4 is 28.2 Å². The molecule has 19 heavy (non-hydrogen) atoms. The first-order chi connectivity index (χ1) is 9.24. The first-order valence-corrected chi connectivity index (χ1v) is 6.39. The van der Waals surface area contributed by atoms with Gasteiger partial charge in [-0.2, -0.15) is 0 Å². The summed E-state index contributed by atoms with van der Waals surface area (Å²) in [4.78, 5) is 11.7. The Balaban J connectivity index is 1.91. The van der Waals surface area contributed by atoms with Gasteiger partial charge in [-0.25, -0.2) is 4.98 Å². The normalized spacial score (nSPS) is 10.8. The summed E-state index contributed by atoms with van der Waals surface area (Å²) in [5.41, 5.74) is 2.88. The van der Waals surface area contributed by atoms with E-state index in [1.807, 2.05) is 37.4 Å². The van der Waals surface area contributed by atoms with Crippen molar-refractivity contribution in [2.24, 2.45) is 0 Å². The molecule has 2 N–H and O–H groups in total. The number of anilines is 1. The molecule has 0 saturated heterocycles. The molecule has 0 aliphatic carbocycles. The third-order valence-electron chi connectivity index (χ3n) is 2.94. The lowest BCUT2D eigenvalue weighted by atomic mass is 10.2. The maximum Gasteiger partial charge on any atom is 0.103 e. The lowest BCUT2D eigenvalue weighted by Gasteiger charge is -2.09. The zero-order valence-electron chi connectivity index (χ0n) is 10.4. The largest absolute Gasteiger partial charge is 0.378 e. The molecular formula is C14H13ClN4. The van der Waals surface area contributed by atoms with Crippen LogP contribution in [0.3, 0.4) is 0 Å². The second-order valence-corrected chi connectivity index (χ2v) is 4.75. The molecule has 5 heteroatoms. The lowest BCUT2D eigenvalue weighted by molar-refractivity contribution is 1.05. The van der Waals surface area contributed by atoms with E-state index in [1.54, 1.807) is 6.20 Å². The third-order valence-corrected chi connectivity index (χ3v) is 3.27. The molecular weight excluding hydrogens is 260 g/mol. The van der Waals surface area contributed by atoms with Gasteiger partial charge in [0.25, 0.3) is 0 Å². The number of nitrogens with one attached hydrogen (secondary N) is 2. The molecule has 0 radical (unpaired) electrons. The summed E-state index contributed by atoms with van der Waals surface area (Å²) in [5.74, 6) is 0.913. The van der Waals surface area contributed by atoms with Crippen LogP contribution in [0.5, 0.6) is 0 Å². The van der Waals surface area contributed by atoms with E-state index in [-0.39, 0.29) is 0 Å². The van der Waals surface area contributed by atoms with Gasteiger partial charge in [0.2, 0.25) is 0 Å². The molecule has 2 aromatic heterocycles. The minimum Gasteiger partial charge on any atom is -0.378 e. The summed E-state index contributed by atoms with van der Waals surface area (Å²) < 4.78 is 0. The van der Waals surface area contributed by atoms with Crippen LogP contribution in [0.15, 0.2) is 36.7 Å². The van der Waals surface area contributed by atoms with Crippen molar-refractivity contribution < 1.29 is 0 Å². The van der Waals surface area contributed by atoms with Gasteiger partial charge in [-0.05, 0) is 31.2 Å². The number of aromatic nitrogens is 3. The number of H-pyrrole nitrogens is 1. The molecule has 4 nitrogen and oxygen atoms in total. The van der Waals surface area contributed by atoms with Crippen molar-refractivity contribution in [3.63, 3.8) is 0 Å². The van der Waals surface area contributed by atoms with Crippen LogP contribution in [-0.4, -0.2) is 15.0 Å². The molecule has 0 saturated carbocycles. The van der Waals surface area contributed by atoms with Gasteiger partial charge in [-0.15, -0.1) is 0 Å². The molecule has 3 rings (SSSR count). The number of aromatic amines is 1. The molecule has 1 aromatic carbocycles. The maximum atomic E-state index is 6.17. The highest BCUT2D eigenvalue weighted by Gasteiger charge is 2.05. The van der Waals surface area contributed by atoms with Crippen LogP contribution in [0.1, 0.15) is 11.5 Å². The predicted octanol–water partition coefficient (Wildman–Crippen LogP) is 3.53. The van der Waals surface area contributed by atoms with E-state index in [4.69, 9.17) is 11.6 Å². The average Bonchev–Trinajstić information content (AvgIpc) is 2.84. The fourth-order valence-corrected chi connectivity index (χ4v) is 2.25. The molecule has 0 bridgehead atoms. The zero-order chi connectivity index (χ0) is 13.2. The van der Waals surface area contributed by atoms with Crippen LogP contribution < -0.4 is 5.32 Å². The number of halogens is 1. The van der Waals surface area contributed by atoms with Crippen molar-refractivity contribution in [1.29, 1.82) is 0 Å². The van der Waals surface area contributed by atoms with Crippen LogP contribution in [0, 0.1) is 6.92 Å². The highest BCUT2D eigenvalue weighted by atomic mass is 35.5. The van der Waals surface area contributed by atoms with Crippen molar-refractivity contribution in [1.82, 2.24) is 15.0 Å². The van der Waals surface area contributed by atoms with Crippen LogP contribution in [0.2, 0.25) is 5.02 Å². The van der Waals surface area contributed by atoms with Crippen molar-refractivity contribution in [3.05, 3.63) is 53.2 Å². The van der Waals surface area contributed by atoms with E-state index < -0.39 is 0 Å². The number of fused-ring (bicyclic) bond motifs is 1. The molecule has 0 unspecified atom stereocenters. The van der Waals surface area contributed by atoms with E-state index in [0.29, 0.717) is 11.6 Å². The molecule has 3 aromatic rings. The number of aryl methyl sites for hydroxylation is 1. The topological polar surface area (TPSA) is 53.6 Å². The Morgan fingerprint density at radius 1 is 1.26 bits per heavy atom. The van der Waals surface area contributed by atoms with Gasteiger partial charge in [0.15, 0.2) is 0 Å². The van der Waals surface area contributed by atoms with E-state index in [0.717, 1.165) is 28.1 Å². The molecule has 0 amide bonds. The van der Waals surface area contributed by atoms with Gasteiger partial charge in [0.1, 0.15) is 5.82 Å². The van der Waals surface area contributed by atoms with Gasteiger partial charge < -0.3 is 10.3 Å². The highest BCUT2D eigenvalue weighted by Crippen LogP contribution is 2.28. The Labute approximate surface area is 115 Å². The first kappa shape index (κ1) is 12.0. The Bertz CT molecular complexity index is 720. The minimum atomic E-state index is 0.675. The second kappa shape index (κ2) is 4.90. The van der Waals surface area contributed by atoms with Crippen LogP contribution in [-0.2, 0) is 6.54 Å². The first-order valence-electron chi connectivity index (χ1n) is 6.01. The molecule has 0 spiro atoms. The zero-order valence-corrected chi connectivity index (χ0v) is 11.2. The summed E-state index contributed by atoms with van der Waals surface area (Å²) in [5, 5.41) is 5.02. The number of nitrogens with zero attached hydrogens (tertiary/aromatic N) is 2. The second-order valence-electron chi connectivity index (χ2n) is 4.34. The minimum absolute atomic E-state index is 0.675. The number of hydrogen-bond donors (Lipinski definition) is 2. The van der Waals surface area contributed by atoms with Crippen LogP contribution in [0.25, 0.3) is 10.9 Å². The third kappa shape index (κ3) is 2.39. The summed E-state index contributed by atoms with van der Waals surface area (Å²) in [7, 11) is 0. The number of benzene rings is 1. The quantitative estimate of drug-likeness (QED) is 0.767. The van der Waals surface area contributed by atoms with E-state index in [1.165, 1.54) is 0 Å². The summed E-state index contributed by atoms with van der Waals surface area (Å²) in [6.07, 6.45) is 3.60. The summed E-state index contributed by atoms with van der Waals surface area (Å²) in [6, 6.07) is 7.68. The van der Waals surface area contributed by atoms with Gasteiger partial charge in [0.05, 0.1) is 34.7 Å². The Kier molecular flexibility index (Phi) is 3.09. The van der Waals surface area contributed by atoms with Gasteiger partial charge in [0, 0.05) is 11.6 Å². The van der Waals surface area contributed by atoms with Crippen molar-refractivity contribution in [2.75, 3.05) is 5.32 Å². The van der Waals surface area contributed by atoms with Crippen LogP contribution in [0.4, 0.5) is 5.69 Å².